The molecule has 2 heteroatoms. The number of ether oxygens (including phenoxy) is 1. The molecule has 0 aromatic carbocycles. The molecule has 116 valence electrons. The Morgan fingerprint density at radius 1 is 1.14 bits per heavy atom. The summed E-state index contributed by atoms with van der Waals surface area (Å²) in [6, 6.07) is 0. The van der Waals surface area contributed by atoms with Gasteiger partial charge in [-0.3, -0.25) is 4.79 Å². The molecule has 1 heterocycles. The third-order valence-corrected chi connectivity index (χ3v) is 9.00. The Morgan fingerprint density at radius 2 is 2.00 bits per heavy atom. The van der Waals surface area contributed by atoms with Gasteiger partial charge in [0.1, 0.15) is 5.78 Å². The van der Waals surface area contributed by atoms with Crippen LogP contribution in [0, 0.1) is 34.0 Å². The average Bonchev–Trinajstić information content (AvgIpc) is 2.77. The Labute approximate surface area is 128 Å². The third kappa shape index (κ3) is 1.30. The van der Waals surface area contributed by atoms with Crippen molar-refractivity contribution in [2.75, 3.05) is 6.61 Å². The SMILES string of the molecule is C[C@@]12CO[C@@H]1CC[C@@]1(C)[C@H]2CC[C@H]2C[C@@H]3C[C@@]21CCC3=O. The van der Waals surface area contributed by atoms with Crippen LogP contribution in [0.4, 0.5) is 0 Å². The standard InChI is InChI=1S/C19H28O2/c1-17-11-21-16(17)6-7-18(2)15(17)4-3-13-9-12-10-19(13,18)8-5-14(12)20/h12-13,15-16H,3-11H2,1-2H3/t12-,13+,15+,16-,17+,18+,19+/m1/s1. The normalized spacial score (nSPS) is 61.5. The van der Waals surface area contributed by atoms with Crippen LogP contribution < -0.4 is 0 Å². The Hall–Kier alpha value is -0.370. The molecule has 21 heavy (non-hydrogen) atoms. The van der Waals surface area contributed by atoms with Crippen molar-refractivity contribution in [1.82, 2.24) is 0 Å². The van der Waals surface area contributed by atoms with Crippen LogP contribution in [0.2, 0.25) is 0 Å². The van der Waals surface area contributed by atoms with Crippen LogP contribution >= 0.6 is 0 Å². The van der Waals surface area contributed by atoms with E-state index in [1.54, 1.807) is 0 Å². The van der Waals surface area contributed by atoms with E-state index in [-0.39, 0.29) is 0 Å². The fraction of sp³-hybridized carbons (Fsp3) is 0.947. The van der Waals surface area contributed by atoms with Crippen LogP contribution in [0.25, 0.3) is 0 Å². The maximum absolute atomic E-state index is 12.2. The molecule has 7 atom stereocenters. The molecule has 5 rings (SSSR count). The van der Waals surface area contributed by atoms with Crippen LogP contribution in [-0.2, 0) is 9.53 Å². The topological polar surface area (TPSA) is 26.3 Å². The summed E-state index contributed by atoms with van der Waals surface area (Å²) < 4.78 is 5.91. The van der Waals surface area contributed by atoms with Crippen LogP contribution in [0.5, 0.6) is 0 Å². The molecule has 0 radical (unpaired) electrons. The Kier molecular flexibility index (Phi) is 2.34. The lowest BCUT2D eigenvalue weighted by Crippen LogP contribution is -2.67. The number of ketones is 1. The second-order valence-corrected chi connectivity index (χ2v) is 9.35. The first-order valence-electron chi connectivity index (χ1n) is 9.14. The maximum atomic E-state index is 12.2. The first-order chi connectivity index (χ1) is 10.00. The predicted molar refractivity (Wildman–Crippen MR) is 80.8 cm³/mol. The monoisotopic (exact) mass is 288 g/mol. The van der Waals surface area contributed by atoms with Gasteiger partial charge in [-0.05, 0) is 67.6 Å². The molecular formula is C19H28O2. The van der Waals surface area contributed by atoms with Crippen molar-refractivity contribution in [3.05, 3.63) is 0 Å². The largest absolute Gasteiger partial charge is 0.377 e. The zero-order valence-corrected chi connectivity index (χ0v) is 13.5. The van der Waals surface area contributed by atoms with Gasteiger partial charge in [0.25, 0.3) is 0 Å². The van der Waals surface area contributed by atoms with Gasteiger partial charge in [-0.2, -0.15) is 0 Å². The van der Waals surface area contributed by atoms with Crippen molar-refractivity contribution < 1.29 is 9.53 Å². The van der Waals surface area contributed by atoms with E-state index in [0.717, 1.165) is 24.9 Å². The minimum absolute atomic E-state index is 0.419. The van der Waals surface area contributed by atoms with E-state index in [0.29, 0.717) is 34.1 Å². The highest BCUT2D eigenvalue weighted by Gasteiger charge is 2.70. The molecule has 4 saturated carbocycles. The number of hydrogen-bond acceptors (Lipinski definition) is 2. The minimum atomic E-state index is 0.419. The molecule has 5 aliphatic rings. The summed E-state index contributed by atoms with van der Waals surface area (Å²) in [6.45, 7) is 6.10. The molecule has 0 amide bonds. The molecule has 2 nitrogen and oxygen atoms in total. The zero-order valence-electron chi connectivity index (χ0n) is 13.5. The van der Waals surface area contributed by atoms with Crippen LogP contribution in [-0.4, -0.2) is 18.5 Å². The highest BCUT2D eigenvalue weighted by molar-refractivity contribution is 5.82. The van der Waals surface area contributed by atoms with E-state index in [1.165, 1.54) is 44.9 Å². The van der Waals surface area contributed by atoms with Crippen molar-refractivity contribution in [1.29, 1.82) is 0 Å². The fourth-order valence-corrected chi connectivity index (χ4v) is 7.89. The smallest absolute Gasteiger partial charge is 0.136 e. The number of Topliss-reactive ketones (excluding diaryl/α,β-unsaturated/α-hetero) is 1. The molecule has 0 aromatic rings. The number of carbonyl (C=O) groups excluding carboxylic acids is 1. The Balaban J connectivity index is 1.60. The van der Waals surface area contributed by atoms with Gasteiger partial charge < -0.3 is 4.74 Å². The van der Waals surface area contributed by atoms with Gasteiger partial charge in [0.2, 0.25) is 0 Å². The minimum Gasteiger partial charge on any atom is -0.377 e. The highest BCUT2D eigenvalue weighted by atomic mass is 16.5. The number of rotatable bonds is 0. The van der Waals surface area contributed by atoms with Crippen LogP contribution in [0.1, 0.15) is 65.2 Å². The molecular weight excluding hydrogens is 260 g/mol. The summed E-state index contributed by atoms with van der Waals surface area (Å²) in [5.41, 5.74) is 1.41. The highest BCUT2D eigenvalue weighted by Crippen LogP contribution is 2.75. The summed E-state index contributed by atoms with van der Waals surface area (Å²) in [5.74, 6) is 2.68. The predicted octanol–water partition coefficient (Wildman–Crippen LogP) is 3.98. The molecule has 0 aromatic heterocycles. The molecule has 0 N–H and O–H groups in total. The molecule has 2 bridgehead atoms. The van der Waals surface area contributed by atoms with E-state index >= 15 is 0 Å². The quantitative estimate of drug-likeness (QED) is 0.674. The van der Waals surface area contributed by atoms with Crippen molar-refractivity contribution >= 4 is 5.78 Å². The lowest BCUT2D eigenvalue weighted by atomic mass is 9.38. The lowest BCUT2D eigenvalue weighted by Gasteiger charge is -2.69. The summed E-state index contributed by atoms with van der Waals surface area (Å²) in [5, 5.41) is 0. The van der Waals surface area contributed by atoms with Crippen molar-refractivity contribution in [3.63, 3.8) is 0 Å². The number of hydrogen-bond donors (Lipinski definition) is 0. The maximum Gasteiger partial charge on any atom is 0.136 e. The average molecular weight is 288 g/mol. The van der Waals surface area contributed by atoms with Gasteiger partial charge >= 0.3 is 0 Å². The summed E-state index contributed by atoms with van der Waals surface area (Å²) in [7, 11) is 0. The number of carbonyl (C=O) groups is 1. The van der Waals surface area contributed by atoms with Crippen LogP contribution in [0.15, 0.2) is 0 Å². The van der Waals surface area contributed by atoms with Crippen molar-refractivity contribution in [3.8, 4) is 0 Å². The van der Waals surface area contributed by atoms with Gasteiger partial charge in [0.05, 0.1) is 12.7 Å². The second-order valence-electron chi connectivity index (χ2n) is 9.35. The molecule has 1 aliphatic heterocycles. The van der Waals surface area contributed by atoms with Crippen LogP contribution in [0.3, 0.4) is 0 Å². The third-order valence-electron chi connectivity index (χ3n) is 9.00. The first-order valence-corrected chi connectivity index (χ1v) is 9.14. The molecule has 1 saturated heterocycles. The van der Waals surface area contributed by atoms with Gasteiger partial charge in [-0.15, -0.1) is 0 Å². The van der Waals surface area contributed by atoms with E-state index in [9.17, 15) is 4.79 Å². The molecule has 1 spiro atoms. The molecule has 4 aliphatic carbocycles. The first kappa shape index (κ1) is 13.1. The van der Waals surface area contributed by atoms with E-state index in [1.807, 2.05) is 0 Å². The lowest BCUT2D eigenvalue weighted by molar-refractivity contribution is -0.286. The zero-order chi connectivity index (χ0) is 14.5. The van der Waals surface area contributed by atoms with E-state index in [2.05, 4.69) is 13.8 Å². The van der Waals surface area contributed by atoms with Crippen molar-refractivity contribution in [2.24, 2.45) is 34.0 Å². The second kappa shape index (κ2) is 3.75. The summed E-state index contributed by atoms with van der Waals surface area (Å²) in [4.78, 5) is 12.2. The summed E-state index contributed by atoms with van der Waals surface area (Å²) >= 11 is 0. The number of fused-ring (bicyclic) bond motifs is 4. The van der Waals surface area contributed by atoms with E-state index < -0.39 is 0 Å². The van der Waals surface area contributed by atoms with Gasteiger partial charge in [0.15, 0.2) is 0 Å². The Bertz CT molecular complexity index is 514. The fourth-order valence-electron chi connectivity index (χ4n) is 7.89. The molecule has 0 unspecified atom stereocenters. The van der Waals surface area contributed by atoms with E-state index in [4.69, 9.17) is 4.74 Å². The van der Waals surface area contributed by atoms with Crippen molar-refractivity contribution in [2.45, 2.75) is 71.3 Å². The van der Waals surface area contributed by atoms with Gasteiger partial charge in [-0.1, -0.05) is 13.8 Å². The molecule has 5 fully saturated rings. The summed E-state index contributed by atoms with van der Waals surface area (Å²) in [6.07, 6.45) is 10.4. The Morgan fingerprint density at radius 3 is 2.76 bits per heavy atom. The van der Waals surface area contributed by atoms with Gasteiger partial charge in [-0.25, -0.2) is 0 Å². The van der Waals surface area contributed by atoms with Gasteiger partial charge in [0, 0.05) is 17.8 Å².